The molecule has 3 N–H and O–H groups in total. The van der Waals surface area contributed by atoms with Crippen LogP contribution < -0.4 is 11.1 Å². The molecule has 4 rings (SSSR count). The second kappa shape index (κ2) is 5.19. The topological polar surface area (TPSA) is 61.8 Å². The molecule has 0 saturated carbocycles. The van der Waals surface area contributed by atoms with Crippen molar-refractivity contribution in [2.45, 2.75) is 6.04 Å². The Bertz CT molecular complexity index is 965. The van der Waals surface area contributed by atoms with Gasteiger partial charge in [-0.2, -0.15) is 5.26 Å². The fourth-order valence-corrected chi connectivity index (χ4v) is 3.22. The van der Waals surface area contributed by atoms with Gasteiger partial charge in [0.25, 0.3) is 0 Å². The summed E-state index contributed by atoms with van der Waals surface area (Å²) >= 11 is 0. The van der Waals surface area contributed by atoms with Gasteiger partial charge in [0.2, 0.25) is 0 Å². The average molecular weight is 297 g/mol. The molecule has 1 aliphatic heterocycles. The summed E-state index contributed by atoms with van der Waals surface area (Å²) in [6.07, 6.45) is 0. The van der Waals surface area contributed by atoms with Crippen molar-refractivity contribution in [3.63, 3.8) is 0 Å². The van der Waals surface area contributed by atoms with E-state index in [0.29, 0.717) is 11.3 Å². The molecule has 1 heterocycles. The van der Waals surface area contributed by atoms with E-state index >= 15 is 0 Å². The minimum Gasteiger partial charge on any atom is -0.397 e. The van der Waals surface area contributed by atoms with Crippen LogP contribution in [0, 0.1) is 11.3 Å². The zero-order valence-corrected chi connectivity index (χ0v) is 12.5. The zero-order valence-electron chi connectivity index (χ0n) is 12.5. The molecular formula is C20H15N3. The fraction of sp³-hybridized carbons (Fsp3) is 0.0500. The van der Waals surface area contributed by atoms with Gasteiger partial charge in [-0.15, -0.1) is 0 Å². The quantitative estimate of drug-likeness (QED) is 0.707. The van der Waals surface area contributed by atoms with Gasteiger partial charge >= 0.3 is 0 Å². The maximum atomic E-state index is 9.66. The van der Waals surface area contributed by atoms with E-state index in [4.69, 9.17) is 5.73 Å². The first-order valence-corrected chi connectivity index (χ1v) is 7.53. The van der Waals surface area contributed by atoms with Crippen molar-refractivity contribution >= 4 is 22.2 Å². The first-order valence-electron chi connectivity index (χ1n) is 7.53. The number of hydrogen-bond donors (Lipinski definition) is 2. The standard InChI is InChI=1S/C20H15N3/c21-12-16-19(22)18-15-9-5-4-6-13(15)10-11-17(18)23-20(16)14-7-2-1-3-8-14/h1-11,20,23H,22H2. The smallest absolute Gasteiger partial charge is 0.0994 e. The second-order valence-corrected chi connectivity index (χ2v) is 5.64. The Labute approximate surface area is 134 Å². The number of benzene rings is 3. The number of nitrogens with one attached hydrogen (secondary N) is 1. The SMILES string of the molecule is N#CC1=C(N)c2c(ccc3ccccc23)NC1c1ccccc1. The molecular weight excluding hydrogens is 282 g/mol. The molecule has 3 aromatic carbocycles. The van der Waals surface area contributed by atoms with Crippen LogP contribution in [-0.4, -0.2) is 0 Å². The molecule has 3 nitrogen and oxygen atoms in total. The predicted molar refractivity (Wildman–Crippen MR) is 93.5 cm³/mol. The Kier molecular flexibility index (Phi) is 3.03. The summed E-state index contributed by atoms with van der Waals surface area (Å²) in [6.45, 7) is 0. The van der Waals surface area contributed by atoms with Crippen molar-refractivity contribution in [3.05, 3.63) is 83.4 Å². The molecule has 0 aromatic heterocycles. The van der Waals surface area contributed by atoms with Crippen molar-refractivity contribution in [1.82, 2.24) is 0 Å². The number of anilines is 1. The number of hydrogen-bond acceptors (Lipinski definition) is 3. The lowest BCUT2D eigenvalue weighted by Gasteiger charge is -2.29. The lowest BCUT2D eigenvalue weighted by molar-refractivity contribution is 0.929. The third-order valence-electron chi connectivity index (χ3n) is 4.33. The molecule has 0 saturated heterocycles. The number of nitriles is 1. The van der Waals surface area contributed by atoms with Crippen LogP contribution in [0.15, 0.2) is 72.3 Å². The third-order valence-corrected chi connectivity index (χ3v) is 4.33. The summed E-state index contributed by atoms with van der Waals surface area (Å²) in [7, 11) is 0. The summed E-state index contributed by atoms with van der Waals surface area (Å²) < 4.78 is 0. The number of nitrogens with two attached hydrogens (primary N) is 1. The molecule has 23 heavy (non-hydrogen) atoms. The first-order chi connectivity index (χ1) is 11.3. The van der Waals surface area contributed by atoms with E-state index in [0.717, 1.165) is 27.6 Å². The van der Waals surface area contributed by atoms with E-state index in [1.54, 1.807) is 0 Å². The van der Waals surface area contributed by atoms with E-state index in [-0.39, 0.29) is 6.04 Å². The zero-order chi connectivity index (χ0) is 15.8. The monoisotopic (exact) mass is 297 g/mol. The number of nitrogens with zero attached hydrogens (tertiary/aromatic N) is 1. The van der Waals surface area contributed by atoms with Gasteiger partial charge in [-0.25, -0.2) is 0 Å². The van der Waals surface area contributed by atoms with Crippen molar-refractivity contribution < 1.29 is 0 Å². The van der Waals surface area contributed by atoms with E-state index < -0.39 is 0 Å². The van der Waals surface area contributed by atoms with Crippen molar-refractivity contribution in [2.75, 3.05) is 5.32 Å². The van der Waals surface area contributed by atoms with E-state index in [1.165, 1.54) is 0 Å². The van der Waals surface area contributed by atoms with Crippen LogP contribution in [0.5, 0.6) is 0 Å². The van der Waals surface area contributed by atoms with Gasteiger partial charge in [0.15, 0.2) is 0 Å². The van der Waals surface area contributed by atoms with Crippen LogP contribution in [0.4, 0.5) is 5.69 Å². The van der Waals surface area contributed by atoms with Crippen molar-refractivity contribution in [2.24, 2.45) is 5.73 Å². The minimum absolute atomic E-state index is 0.213. The average Bonchev–Trinajstić information content (AvgIpc) is 2.62. The van der Waals surface area contributed by atoms with Crippen LogP contribution >= 0.6 is 0 Å². The van der Waals surface area contributed by atoms with Gasteiger partial charge in [0.05, 0.1) is 23.4 Å². The van der Waals surface area contributed by atoms with E-state index in [1.807, 2.05) is 54.6 Å². The molecule has 3 aromatic rings. The summed E-state index contributed by atoms with van der Waals surface area (Å²) in [5.74, 6) is 0. The maximum absolute atomic E-state index is 9.66. The van der Waals surface area contributed by atoms with Crippen LogP contribution in [0.25, 0.3) is 16.5 Å². The molecule has 0 fully saturated rings. The Hall–Kier alpha value is -3.25. The highest BCUT2D eigenvalue weighted by Gasteiger charge is 2.27. The van der Waals surface area contributed by atoms with Gasteiger partial charge in [-0.3, -0.25) is 0 Å². The Morgan fingerprint density at radius 2 is 1.65 bits per heavy atom. The lowest BCUT2D eigenvalue weighted by atomic mass is 9.88. The molecule has 1 atom stereocenters. The summed E-state index contributed by atoms with van der Waals surface area (Å²) in [6, 6.07) is 24.2. The largest absolute Gasteiger partial charge is 0.397 e. The maximum Gasteiger partial charge on any atom is 0.0994 e. The molecule has 1 unspecified atom stereocenters. The molecule has 3 heteroatoms. The van der Waals surface area contributed by atoms with Crippen LogP contribution in [0.1, 0.15) is 17.2 Å². The lowest BCUT2D eigenvalue weighted by Crippen LogP contribution is -2.22. The van der Waals surface area contributed by atoms with Gasteiger partial charge < -0.3 is 11.1 Å². The predicted octanol–water partition coefficient (Wildman–Crippen LogP) is 4.20. The highest BCUT2D eigenvalue weighted by molar-refractivity contribution is 6.01. The van der Waals surface area contributed by atoms with E-state index in [2.05, 4.69) is 23.5 Å². The Morgan fingerprint density at radius 1 is 0.913 bits per heavy atom. The second-order valence-electron chi connectivity index (χ2n) is 5.64. The summed E-state index contributed by atoms with van der Waals surface area (Å²) in [5, 5.41) is 15.3. The highest BCUT2D eigenvalue weighted by atomic mass is 14.9. The molecule has 0 spiro atoms. The summed E-state index contributed by atoms with van der Waals surface area (Å²) in [5.41, 5.74) is 10.5. The van der Waals surface area contributed by atoms with Crippen LogP contribution in [-0.2, 0) is 0 Å². The van der Waals surface area contributed by atoms with Crippen molar-refractivity contribution in [3.8, 4) is 6.07 Å². The van der Waals surface area contributed by atoms with Gasteiger partial charge in [-0.1, -0.05) is 60.7 Å². The Morgan fingerprint density at radius 3 is 2.43 bits per heavy atom. The van der Waals surface area contributed by atoms with E-state index in [9.17, 15) is 5.26 Å². The molecule has 0 radical (unpaired) electrons. The molecule has 0 amide bonds. The van der Waals surface area contributed by atoms with Gasteiger partial charge in [-0.05, 0) is 22.4 Å². The summed E-state index contributed by atoms with van der Waals surface area (Å²) in [4.78, 5) is 0. The Balaban J connectivity index is 1.98. The van der Waals surface area contributed by atoms with Crippen molar-refractivity contribution in [1.29, 1.82) is 5.26 Å². The molecule has 110 valence electrons. The minimum atomic E-state index is -0.213. The molecule has 1 aliphatic rings. The number of fused-ring (bicyclic) bond motifs is 3. The molecule has 0 aliphatic carbocycles. The third kappa shape index (κ3) is 2.04. The number of rotatable bonds is 1. The first kappa shape index (κ1) is 13.4. The van der Waals surface area contributed by atoms with Crippen LogP contribution in [0.2, 0.25) is 0 Å². The van der Waals surface area contributed by atoms with Gasteiger partial charge in [0.1, 0.15) is 0 Å². The molecule has 0 bridgehead atoms. The van der Waals surface area contributed by atoms with Gasteiger partial charge in [0, 0.05) is 11.3 Å². The normalized spacial score (nSPS) is 16.6. The van der Waals surface area contributed by atoms with Crippen LogP contribution in [0.3, 0.4) is 0 Å². The highest BCUT2D eigenvalue weighted by Crippen LogP contribution is 2.41. The fourth-order valence-electron chi connectivity index (χ4n) is 3.22.